The predicted molar refractivity (Wildman–Crippen MR) is 156 cm³/mol. The van der Waals surface area contributed by atoms with E-state index in [2.05, 4.69) is 32.3 Å². The Kier molecular flexibility index (Phi) is 8.64. The minimum absolute atomic E-state index is 0.0453. The first kappa shape index (κ1) is 29.6. The van der Waals surface area contributed by atoms with Gasteiger partial charge in [0, 0.05) is 29.3 Å². The molecule has 4 N–H and O–H groups in total. The average Bonchev–Trinajstić information content (AvgIpc) is 3.67. The molecule has 3 aromatic rings. The van der Waals surface area contributed by atoms with Crippen molar-refractivity contribution in [3.63, 3.8) is 0 Å². The van der Waals surface area contributed by atoms with E-state index in [0.29, 0.717) is 28.2 Å². The lowest BCUT2D eigenvalue weighted by molar-refractivity contribution is -0.137. The van der Waals surface area contributed by atoms with Gasteiger partial charge < -0.3 is 16.0 Å². The number of nitrogens with zero attached hydrogens (tertiary/aromatic N) is 6. The summed E-state index contributed by atoms with van der Waals surface area (Å²) in [4.78, 5) is 52.5. The lowest BCUT2D eigenvalue weighted by atomic mass is 9.96. The molecule has 0 bridgehead atoms. The molecule has 5 rings (SSSR count). The zero-order valence-corrected chi connectivity index (χ0v) is 23.8. The molecule has 2 atom stereocenters. The summed E-state index contributed by atoms with van der Waals surface area (Å²) in [6.07, 6.45) is 9.60. The number of aromatic amines is 1. The van der Waals surface area contributed by atoms with Crippen LogP contribution in [0.25, 0.3) is 11.6 Å². The quantitative estimate of drug-likeness (QED) is 0.320. The van der Waals surface area contributed by atoms with Gasteiger partial charge in [0.05, 0.1) is 25.0 Å². The highest BCUT2D eigenvalue weighted by Gasteiger charge is 2.40. The Bertz CT molecular complexity index is 1620. The van der Waals surface area contributed by atoms with Crippen molar-refractivity contribution in [3.05, 3.63) is 70.0 Å². The fourth-order valence-electron chi connectivity index (χ4n) is 5.81. The molecule has 3 amide bonds. The number of rotatable bonds is 9. The number of H-pyrrole nitrogens is 1. The van der Waals surface area contributed by atoms with Crippen molar-refractivity contribution in [2.45, 2.75) is 70.2 Å². The smallest absolute Gasteiger partial charge is 0.269 e. The number of anilines is 1. The normalized spacial score (nSPS) is 19.4. The van der Waals surface area contributed by atoms with Crippen molar-refractivity contribution in [3.8, 4) is 0 Å². The van der Waals surface area contributed by atoms with E-state index in [-0.39, 0.29) is 36.8 Å². The van der Waals surface area contributed by atoms with Gasteiger partial charge in [-0.15, -0.1) is 0 Å². The first-order chi connectivity index (χ1) is 20.7. The lowest BCUT2D eigenvalue weighted by Crippen LogP contribution is -2.45. The number of hydrogen-bond acceptors (Lipinski definition) is 7. The molecule has 13 nitrogen and oxygen atoms in total. The van der Waals surface area contributed by atoms with Crippen LogP contribution in [0.4, 0.5) is 10.2 Å². The van der Waals surface area contributed by atoms with Crippen molar-refractivity contribution in [1.82, 2.24) is 34.7 Å². The summed E-state index contributed by atoms with van der Waals surface area (Å²) < 4.78 is 17.6. The van der Waals surface area contributed by atoms with Crippen LogP contribution in [-0.4, -0.2) is 71.1 Å². The number of carbonyl (C=O) groups excluding carboxylic acids is 3. The molecule has 3 aromatic heterocycles. The number of aromatic nitrogens is 6. The maximum Gasteiger partial charge on any atom is 0.269 e. The largest absolute Gasteiger partial charge is 0.364 e. The number of primary amides is 1. The molecule has 0 radical (unpaired) electrons. The molecule has 0 aromatic carbocycles. The summed E-state index contributed by atoms with van der Waals surface area (Å²) >= 11 is 0. The first-order valence-electron chi connectivity index (χ1n) is 14.2. The van der Waals surface area contributed by atoms with Crippen molar-refractivity contribution in [1.29, 1.82) is 0 Å². The highest BCUT2D eigenvalue weighted by Crippen LogP contribution is 2.30. The number of alkyl halides is 1. The summed E-state index contributed by atoms with van der Waals surface area (Å²) in [6, 6.07) is 1.98. The van der Waals surface area contributed by atoms with Gasteiger partial charge in [-0.2, -0.15) is 15.3 Å². The zero-order valence-electron chi connectivity index (χ0n) is 23.8. The molecule has 43 heavy (non-hydrogen) atoms. The molecule has 4 heterocycles. The number of allylic oxidation sites excluding steroid dienone is 2. The number of carbonyl (C=O) groups is 3. The molecule has 1 aliphatic heterocycles. The number of likely N-dealkylation sites (tertiary alicyclic amines) is 1. The summed E-state index contributed by atoms with van der Waals surface area (Å²) in [5.74, 6) is -1.64. The molecule has 226 valence electrons. The highest BCUT2D eigenvalue weighted by atomic mass is 19.1. The molecule has 2 fully saturated rings. The van der Waals surface area contributed by atoms with Crippen molar-refractivity contribution in [2.24, 2.45) is 5.73 Å². The second-order valence-electron chi connectivity index (χ2n) is 10.9. The molecule has 2 unspecified atom stereocenters. The van der Waals surface area contributed by atoms with Gasteiger partial charge in [-0.1, -0.05) is 31.9 Å². The van der Waals surface area contributed by atoms with Crippen LogP contribution in [0, 0.1) is 6.92 Å². The molecule has 2 aliphatic rings. The third-order valence-electron chi connectivity index (χ3n) is 8.03. The van der Waals surface area contributed by atoms with Gasteiger partial charge in [0.25, 0.3) is 11.5 Å². The summed E-state index contributed by atoms with van der Waals surface area (Å²) in [7, 11) is 0. The topological polar surface area (TPSA) is 174 Å². The zero-order chi connectivity index (χ0) is 30.7. The summed E-state index contributed by atoms with van der Waals surface area (Å²) in [5.41, 5.74) is 7.37. The SMILES string of the molecule is C=C/C(=C\c1c(C(N)=O)nn(CC(=O)N2CC(F)CC2C(=O)Nc2cc(=O)[nH]n2C2CCCCC2)c1C)c1ccnnc1. The number of hydrogen-bond donors (Lipinski definition) is 3. The Morgan fingerprint density at radius 1 is 1.23 bits per heavy atom. The number of nitrogens with one attached hydrogen (secondary N) is 2. The average molecular weight is 592 g/mol. The summed E-state index contributed by atoms with van der Waals surface area (Å²) in [6.45, 7) is 4.87. The van der Waals surface area contributed by atoms with Gasteiger partial charge in [0.15, 0.2) is 5.69 Å². The van der Waals surface area contributed by atoms with Crippen LogP contribution in [0.15, 0.2) is 42.0 Å². The van der Waals surface area contributed by atoms with E-state index >= 15 is 0 Å². The van der Waals surface area contributed by atoms with E-state index in [1.165, 1.54) is 28.0 Å². The fourth-order valence-corrected chi connectivity index (χ4v) is 5.81. The van der Waals surface area contributed by atoms with E-state index in [1.807, 2.05) is 0 Å². The standard InChI is InChI=1S/C29H34FN9O4/c1-3-18(19-9-10-32-33-14-19)11-22-17(2)38(36-27(22)28(31)42)16-26(41)37-15-20(30)12-23(37)29(43)34-24-13-25(40)35-39(24)21-7-5-4-6-8-21/h3,9-11,13-14,20-21,23H,1,4-8,12,15-16H2,2H3,(H2,31,42)(H,34,43)(H,35,40)/b18-11+. The minimum atomic E-state index is -1.41. The van der Waals surface area contributed by atoms with Crippen molar-refractivity contribution in [2.75, 3.05) is 11.9 Å². The first-order valence-corrected chi connectivity index (χ1v) is 14.2. The van der Waals surface area contributed by atoms with Crippen LogP contribution in [-0.2, 0) is 16.1 Å². The monoisotopic (exact) mass is 591 g/mol. The Balaban J connectivity index is 1.37. The molecule has 14 heteroatoms. The summed E-state index contributed by atoms with van der Waals surface area (Å²) in [5, 5.41) is 17.4. The Labute approximate surface area is 246 Å². The number of nitrogens with two attached hydrogens (primary N) is 1. The van der Waals surface area contributed by atoms with Crippen molar-refractivity contribution < 1.29 is 18.8 Å². The molecular weight excluding hydrogens is 557 g/mol. The van der Waals surface area contributed by atoms with E-state index < -0.39 is 29.9 Å². The Morgan fingerprint density at radius 3 is 2.67 bits per heavy atom. The van der Waals surface area contributed by atoms with Crippen LogP contribution in [0.3, 0.4) is 0 Å². The van der Waals surface area contributed by atoms with E-state index in [0.717, 1.165) is 32.1 Å². The van der Waals surface area contributed by atoms with Gasteiger partial charge >= 0.3 is 0 Å². The van der Waals surface area contributed by atoms with Gasteiger partial charge in [0.2, 0.25) is 11.8 Å². The minimum Gasteiger partial charge on any atom is -0.364 e. The van der Waals surface area contributed by atoms with E-state index in [1.54, 1.807) is 29.8 Å². The molecule has 1 saturated heterocycles. The van der Waals surface area contributed by atoms with Crippen molar-refractivity contribution >= 4 is 35.2 Å². The van der Waals surface area contributed by atoms with Crippen LogP contribution in [0.1, 0.15) is 71.9 Å². The van der Waals surface area contributed by atoms with E-state index in [9.17, 15) is 23.6 Å². The van der Waals surface area contributed by atoms with Gasteiger partial charge in [0.1, 0.15) is 24.6 Å². The predicted octanol–water partition coefficient (Wildman–Crippen LogP) is 2.38. The maximum atomic E-state index is 14.6. The van der Waals surface area contributed by atoms with Gasteiger partial charge in [-0.05, 0) is 37.5 Å². The molecule has 1 aliphatic carbocycles. The molecular formula is C29H34FN9O4. The second-order valence-corrected chi connectivity index (χ2v) is 10.9. The fraction of sp³-hybridized carbons (Fsp3) is 0.414. The van der Waals surface area contributed by atoms with Gasteiger partial charge in [-0.3, -0.25) is 33.6 Å². The molecule has 1 saturated carbocycles. The maximum absolute atomic E-state index is 14.6. The third kappa shape index (κ3) is 6.32. The Morgan fingerprint density at radius 2 is 2.00 bits per heavy atom. The molecule has 0 spiro atoms. The lowest BCUT2D eigenvalue weighted by Gasteiger charge is -2.26. The van der Waals surface area contributed by atoms with E-state index in [4.69, 9.17) is 5.73 Å². The van der Waals surface area contributed by atoms with Crippen LogP contribution in [0.5, 0.6) is 0 Å². The number of amides is 3. The highest BCUT2D eigenvalue weighted by molar-refractivity contribution is 5.99. The number of halogens is 1. The van der Waals surface area contributed by atoms with Crippen LogP contribution < -0.4 is 16.6 Å². The van der Waals surface area contributed by atoms with Crippen LogP contribution in [0.2, 0.25) is 0 Å². The van der Waals surface area contributed by atoms with Gasteiger partial charge in [-0.25, -0.2) is 4.39 Å². The second kappa shape index (κ2) is 12.5. The third-order valence-corrected chi connectivity index (χ3v) is 8.03. The Hall–Kier alpha value is -4.88. The van der Waals surface area contributed by atoms with Crippen LogP contribution >= 0.6 is 0 Å².